The Hall–Kier alpha value is -0.920. The lowest BCUT2D eigenvalue weighted by atomic mass is 9.86. The summed E-state index contributed by atoms with van der Waals surface area (Å²) in [5.74, 6) is -4.72. The van der Waals surface area contributed by atoms with Crippen molar-refractivity contribution in [3.8, 4) is 0 Å². The van der Waals surface area contributed by atoms with Crippen LogP contribution in [0.5, 0.6) is 0 Å². The highest BCUT2D eigenvalue weighted by atomic mass is 35.5. The van der Waals surface area contributed by atoms with Crippen molar-refractivity contribution in [1.82, 2.24) is 10.6 Å². The summed E-state index contributed by atoms with van der Waals surface area (Å²) in [4.78, 5) is 0. The number of hydrogen-bond donors (Lipinski definition) is 2. The van der Waals surface area contributed by atoms with Gasteiger partial charge in [-0.3, -0.25) is 0 Å². The van der Waals surface area contributed by atoms with E-state index in [0.717, 1.165) is 23.1 Å². The van der Waals surface area contributed by atoms with Gasteiger partial charge in [-0.05, 0) is 49.4 Å². The summed E-state index contributed by atoms with van der Waals surface area (Å²) in [5, 5.41) is 6.13. The summed E-state index contributed by atoms with van der Waals surface area (Å²) in [6.45, 7) is 2.91. The lowest BCUT2D eigenvalue weighted by molar-refractivity contribution is -0.279. The zero-order valence-corrected chi connectivity index (χ0v) is 14.2. The molecule has 0 heterocycles. The minimum Gasteiger partial charge on any atom is -0.308 e. The molecule has 2 N–H and O–H groups in total. The van der Waals surface area contributed by atoms with Crippen LogP contribution in [-0.2, 0) is 6.54 Å². The second-order valence-electron chi connectivity index (χ2n) is 6.30. The van der Waals surface area contributed by atoms with E-state index in [-0.39, 0.29) is 6.04 Å². The van der Waals surface area contributed by atoms with Crippen molar-refractivity contribution in [2.45, 2.75) is 57.4 Å². The smallest absolute Gasteiger partial charge is 0.308 e. The lowest BCUT2D eigenvalue weighted by Crippen LogP contribution is -2.58. The van der Waals surface area contributed by atoms with E-state index in [1.165, 1.54) is 0 Å². The van der Waals surface area contributed by atoms with E-state index in [0.29, 0.717) is 18.0 Å². The Morgan fingerprint density at radius 1 is 1.04 bits per heavy atom. The largest absolute Gasteiger partial charge is 0.454 e. The molecular weight excluding hydrogens is 351 g/mol. The molecule has 24 heavy (non-hydrogen) atoms. The van der Waals surface area contributed by atoms with Crippen LogP contribution in [0.3, 0.4) is 0 Å². The van der Waals surface area contributed by atoms with Gasteiger partial charge in [0, 0.05) is 23.7 Å². The molecule has 1 aromatic rings. The van der Waals surface area contributed by atoms with Crippen molar-refractivity contribution < 1.29 is 22.0 Å². The number of hydrogen-bond acceptors (Lipinski definition) is 2. The summed E-state index contributed by atoms with van der Waals surface area (Å²) in [6, 6.07) is 3.28. The molecule has 2 atom stereocenters. The maximum Gasteiger partial charge on any atom is 0.454 e. The van der Waals surface area contributed by atoms with Crippen molar-refractivity contribution in [2.24, 2.45) is 0 Å². The molecule has 0 spiro atoms. The molecule has 136 valence electrons. The maximum atomic E-state index is 12.9. The molecule has 0 aromatic heterocycles. The molecular formula is C16H20ClF5N2. The van der Waals surface area contributed by atoms with Crippen LogP contribution < -0.4 is 10.6 Å². The van der Waals surface area contributed by atoms with E-state index in [1.807, 2.05) is 26.0 Å². The van der Waals surface area contributed by atoms with Gasteiger partial charge in [0.1, 0.15) is 0 Å². The van der Waals surface area contributed by atoms with Crippen molar-refractivity contribution in [1.29, 1.82) is 0 Å². The fourth-order valence-electron chi connectivity index (χ4n) is 2.75. The summed E-state index contributed by atoms with van der Waals surface area (Å²) in [6.07, 6.45) is -4.25. The van der Waals surface area contributed by atoms with E-state index >= 15 is 0 Å². The van der Waals surface area contributed by atoms with Gasteiger partial charge in [-0.1, -0.05) is 17.7 Å². The molecule has 0 amide bonds. The molecule has 1 saturated carbocycles. The fraction of sp³-hybridized carbons (Fsp3) is 0.625. The highest BCUT2D eigenvalue weighted by Crippen LogP contribution is 2.35. The van der Waals surface area contributed by atoms with Crippen LogP contribution in [0.2, 0.25) is 5.02 Å². The quantitative estimate of drug-likeness (QED) is 0.727. The Kier molecular flexibility index (Phi) is 5.77. The van der Waals surface area contributed by atoms with Gasteiger partial charge < -0.3 is 10.6 Å². The van der Waals surface area contributed by atoms with Crippen LogP contribution in [0, 0.1) is 13.8 Å². The monoisotopic (exact) mass is 370 g/mol. The van der Waals surface area contributed by atoms with Crippen LogP contribution >= 0.6 is 11.6 Å². The zero-order valence-electron chi connectivity index (χ0n) is 13.4. The van der Waals surface area contributed by atoms with Gasteiger partial charge in [0.05, 0.1) is 6.54 Å². The molecule has 8 heteroatoms. The fourth-order valence-corrected chi connectivity index (χ4v) is 3.14. The molecule has 1 aliphatic rings. The highest BCUT2D eigenvalue weighted by molar-refractivity contribution is 6.31. The van der Waals surface area contributed by atoms with Gasteiger partial charge in [0.15, 0.2) is 0 Å². The van der Waals surface area contributed by atoms with Gasteiger partial charge in [-0.2, -0.15) is 22.0 Å². The molecule has 1 aromatic carbocycles. The molecule has 0 bridgehead atoms. The van der Waals surface area contributed by atoms with Crippen molar-refractivity contribution >= 4 is 11.6 Å². The highest BCUT2D eigenvalue weighted by Gasteiger charge is 2.57. The van der Waals surface area contributed by atoms with Gasteiger partial charge in [-0.15, -0.1) is 0 Å². The molecule has 0 saturated heterocycles. The van der Waals surface area contributed by atoms with Crippen LogP contribution in [0.4, 0.5) is 22.0 Å². The third-order valence-electron chi connectivity index (χ3n) is 4.38. The van der Waals surface area contributed by atoms with Gasteiger partial charge >= 0.3 is 12.1 Å². The minimum absolute atomic E-state index is 0.147. The molecule has 1 aliphatic carbocycles. The number of alkyl halides is 5. The number of benzene rings is 1. The average molecular weight is 371 g/mol. The first kappa shape index (κ1) is 19.4. The summed E-state index contributed by atoms with van der Waals surface area (Å²) in [7, 11) is 0. The Bertz CT molecular complexity index is 565. The first-order chi connectivity index (χ1) is 11.0. The molecule has 2 nitrogen and oxygen atoms in total. The Morgan fingerprint density at radius 3 is 2.12 bits per heavy atom. The minimum atomic E-state index is -5.53. The molecule has 0 aliphatic heterocycles. The van der Waals surface area contributed by atoms with Crippen LogP contribution in [0.15, 0.2) is 12.1 Å². The second kappa shape index (κ2) is 7.14. The topological polar surface area (TPSA) is 24.1 Å². The van der Waals surface area contributed by atoms with Crippen LogP contribution in [-0.4, -0.2) is 30.7 Å². The van der Waals surface area contributed by atoms with E-state index in [9.17, 15) is 22.0 Å². The maximum absolute atomic E-state index is 12.9. The number of rotatable bonds is 6. The zero-order chi connectivity index (χ0) is 18.1. The van der Waals surface area contributed by atoms with Crippen molar-refractivity contribution in [3.63, 3.8) is 0 Å². The normalized spacial score (nSPS) is 21.7. The Balaban J connectivity index is 1.87. The van der Waals surface area contributed by atoms with E-state index in [4.69, 9.17) is 11.6 Å². The van der Waals surface area contributed by atoms with Crippen LogP contribution in [0.25, 0.3) is 0 Å². The summed E-state index contributed by atoms with van der Waals surface area (Å²) >= 11 is 6.21. The SMILES string of the molecule is Cc1cc(C)c(CNC2CCC2NCC(F)(F)C(F)(F)F)c(Cl)c1. The lowest BCUT2D eigenvalue weighted by Gasteiger charge is -2.39. The Labute approximate surface area is 142 Å². The predicted molar refractivity (Wildman–Crippen MR) is 83.6 cm³/mol. The standard InChI is InChI=1S/C16H20ClF5N2/c1-9-5-10(2)11(12(17)6-9)7-23-13-3-4-14(13)24-8-15(18,19)16(20,21)22/h5-6,13-14,23-24H,3-4,7-8H2,1-2H3. The van der Waals surface area contributed by atoms with Gasteiger partial charge in [0.25, 0.3) is 0 Å². The Morgan fingerprint density at radius 2 is 1.62 bits per heavy atom. The van der Waals surface area contributed by atoms with Crippen molar-refractivity contribution in [2.75, 3.05) is 6.54 Å². The van der Waals surface area contributed by atoms with Crippen molar-refractivity contribution in [3.05, 3.63) is 33.8 Å². The number of nitrogens with one attached hydrogen (secondary N) is 2. The van der Waals surface area contributed by atoms with E-state index in [2.05, 4.69) is 10.6 Å². The molecule has 0 radical (unpaired) electrons. The predicted octanol–water partition coefficient (Wildman–Crippen LogP) is 4.36. The number of halogens is 6. The average Bonchev–Trinajstić information content (AvgIpc) is 2.39. The first-order valence-corrected chi connectivity index (χ1v) is 8.06. The second-order valence-corrected chi connectivity index (χ2v) is 6.70. The van der Waals surface area contributed by atoms with Gasteiger partial charge in [-0.25, -0.2) is 0 Å². The molecule has 1 fully saturated rings. The molecule has 2 unspecified atom stereocenters. The first-order valence-electron chi connectivity index (χ1n) is 7.68. The third-order valence-corrected chi connectivity index (χ3v) is 4.72. The van der Waals surface area contributed by atoms with Crippen LogP contribution in [0.1, 0.15) is 29.5 Å². The van der Waals surface area contributed by atoms with Gasteiger partial charge in [0.2, 0.25) is 0 Å². The van der Waals surface area contributed by atoms with E-state index in [1.54, 1.807) is 0 Å². The number of aryl methyl sites for hydroxylation is 2. The summed E-state index contributed by atoms with van der Waals surface area (Å²) in [5.41, 5.74) is 2.97. The summed E-state index contributed by atoms with van der Waals surface area (Å²) < 4.78 is 62.4. The van der Waals surface area contributed by atoms with E-state index < -0.39 is 24.7 Å². The molecule has 2 rings (SSSR count). The third kappa shape index (κ3) is 4.37.